The van der Waals surface area contributed by atoms with Crippen LogP contribution in [0.5, 0.6) is 0 Å². The maximum absolute atomic E-state index is 5.31. The molecule has 3 rings (SSSR count). The Morgan fingerprint density at radius 3 is 2.44 bits per heavy atom. The molecule has 2 aromatic heterocycles. The quantitative estimate of drug-likeness (QED) is 0.674. The van der Waals surface area contributed by atoms with Gasteiger partial charge in [0.2, 0.25) is 0 Å². The van der Waals surface area contributed by atoms with Crippen LogP contribution in [0.1, 0.15) is 0 Å². The van der Waals surface area contributed by atoms with E-state index in [1.165, 1.54) is 0 Å². The Kier molecular flexibility index (Phi) is 2.44. The molecule has 0 aliphatic rings. The van der Waals surface area contributed by atoms with E-state index in [9.17, 15) is 0 Å². The maximum atomic E-state index is 5.31. The molecule has 0 radical (unpaired) electrons. The fourth-order valence-corrected chi connectivity index (χ4v) is 3.13. The van der Waals surface area contributed by atoms with E-state index in [1.807, 2.05) is 30.3 Å². The molecule has 2 heterocycles. The molecule has 3 aromatic rings. The molecule has 0 unspecified atom stereocenters. The van der Waals surface area contributed by atoms with Gasteiger partial charge in [0, 0.05) is 0 Å². The van der Waals surface area contributed by atoms with E-state index in [0.717, 1.165) is 20.5 Å². The number of rotatable bonds is 2. The van der Waals surface area contributed by atoms with Crippen LogP contribution in [0.2, 0.25) is 0 Å². The summed E-state index contributed by atoms with van der Waals surface area (Å²) in [4.78, 5) is 0. The van der Waals surface area contributed by atoms with Gasteiger partial charge < -0.3 is 0 Å². The zero-order chi connectivity index (χ0) is 10.8. The summed E-state index contributed by atoms with van der Waals surface area (Å²) >= 11 is 0.138. The van der Waals surface area contributed by atoms with Crippen molar-refractivity contribution in [2.45, 2.75) is 0 Å². The fourth-order valence-electron chi connectivity index (χ4n) is 1.42. The van der Waals surface area contributed by atoms with Crippen LogP contribution >= 0.6 is 0 Å². The SMILES string of the molecule is c1ccc(-c2nnc(-c3ccco3)[se]2)cc1. The Hall–Kier alpha value is -1.64. The van der Waals surface area contributed by atoms with Crippen molar-refractivity contribution in [3.8, 4) is 20.5 Å². The van der Waals surface area contributed by atoms with Crippen LogP contribution in [0.3, 0.4) is 0 Å². The number of hydrogen-bond acceptors (Lipinski definition) is 3. The predicted molar refractivity (Wildman–Crippen MR) is 62.1 cm³/mol. The van der Waals surface area contributed by atoms with Gasteiger partial charge in [0.15, 0.2) is 0 Å². The summed E-state index contributed by atoms with van der Waals surface area (Å²) in [5.41, 5.74) is 1.15. The van der Waals surface area contributed by atoms with E-state index >= 15 is 0 Å². The van der Waals surface area contributed by atoms with Gasteiger partial charge in [0.05, 0.1) is 0 Å². The molecule has 0 fully saturated rings. The van der Waals surface area contributed by atoms with Crippen molar-refractivity contribution in [1.82, 2.24) is 10.2 Å². The molecule has 0 aliphatic carbocycles. The first-order valence-electron chi connectivity index (χ1n) is 4.86. The Balaban J connectivity index is 2.00. The van der Waals surface area contributed by atoms with Gasteiger partial charge in [-0.15, -0.1) is 0 Å². The molecule has 0 atom stereocenters. The predicted octanol–water partition coefficient (Wildman–Crippen LogP) is 2.46. The number of nitrogens with zero attached hydrogens (tertiary/aromatic N) is 2. The number of aromatic nitrogens is 2. The Bertz CT molecular complexity index is 572. The van der Waals surface area contributed by atoms with Crippen molar-refractivity contribution in [2.24, 2.45) is 0 Å². The molecule has 0 amide bonds. The summed E-state index contributed by atoms with van der Waals surface area (Å²) < 4.78 is 7.32. The normalized spacial score (nSPS) is 10.5. The summed E-state index contributed by atoms with van der Waals surface area (Å²) in [7, 11) is 0. The van der Waals surface area contributed by atoms with Crippen molar-refractivity contribution < 1.29 is 4.42 Å². The summed E-state index contributed by atoms with van der Waals surface area (Å²) in [6.45, 7) is 0. The Morgan fingerprint density at radius 2 is 1.69 bits per heavy atom. The third kappa shape index (κ3) is 1.73. The summed E-state index contributed by atoms with van der Waals surface area (Å²) in [6.07, 6.45) is 1.66. The van der Waals surface area contributed by atoms with Crippen molar-refractivity contribution in [1.29, 1.82) is 0 Å². The first-order chi connectivity index (χ1) is 7.93. The van der Waals surface area contributed by atoms with Gasteiger partial charge in [-0.05, 0) is 0 Å². The van der Waals surface area contributed by atoms with Crippen LogP contribution in [0, 0.1) is 0 Å². The third-order valence-electron chi connectivity index (χ3n) is 2.18. The van der Waals surface area contributed by atoms with Gasteiger partial charge in [-0.1, -0.05) is 0 Å². The monoisotopic (exact) mass is 276 g/mol. The summed E-state index contributed by atoms with van der Waals surface area (Å²) in [6, 6.07) is 13.9. The van der Waals surface area contributed by atoms with Gasteiger partial charge in [0.1, 0.15) is 0 Å². The molecule has 0 saturated carbocycles. The molecule has 0 bridgehead atoms. The average molecular weight is 275 g/mol. The van der Waals surface area contributed by atoms with Gasteiger partial charge in [-0.2, -0.15) is 0 Å². The molecule has 1 aromatic carbocycles. The van der Waals surface area contributed by atoms with Crippen LogP contribution < -0.4 is 0 Å². The molecule has 0 aliphatic heterocycles. The summed E-state index contributed by atoms with van der Waals surface area (Å²) in [5, 5.41) is 8.39. The second-order valence-corrected chi connectivity index (χ2v) is 5.31. The minimum atomic E-state index is 0.138. The molecular weight excluding hydrogens is 267 g/mol. The van der Waals surface area contributed by atoms with Gasteiger partial charge in [-0.25, -0.2) is 0 Å². The van der Waals surface area contributed by atoms with Crippen molar-refractivity contribution >= 4 is 14.5 Å². The van der Waals surface area contributed by atoms with Gasteiger partial charge >= 0.3 is 98.3 Å². The van der Waals surface area contributed by atoms with E-state index in [2.05, 4.69) is 22.3 Å². The van der Waals surface area contributed by atoms with E-state index in [1.54, 1.807) is 6.26 Å². The number of benzene rings is 1. The minimum absolute atomic E-state index is 0.138. The standard InChI is InChI=1S/C12H8N2OSe/c1-2-5-9(6-3-1)11-13-14-12(16-11)10-7-4-8-15-10/h1-8H. The number of furan rings is 1. The first-order valence-corrected chi connectivity index (χ1v) is 6.57. The fraction of sp³-hybridized carbons (Fsp3) is 0. The number of hydrogen-bond donors (Lipinski definition) is 0. The van der Waals surface area contributed by atoms with Crippen LogP contribution in [0.25, 0.3) is 20.5 Å². The third-order valence-corrected chi connectivity index (χ3v) is 4.25. The van der Waals surface area contributed by atoms with E-state index in [-0.39, 0.29) is 14.5 Å². The second-order valence-electron chi connectivity index (χ2n) is 3.26. The average Bonchev–Trinajstić information content (AvgIpc) is 3.01. The van der Waals surface area contributed by atoms with Crippen molar-refractivity contribution in [2.75, 3.05) is 0 Å². The van der Waals surface area contributed by atoms with E-state index in [4.69, 9.17) is 4.42 Å². The van der Waals surface area contributed by atoms with E-state index in [0.29, 0.717) is 0 Å². The van der Waals surface area contributed by atoms with Crippen LogP contribution in [-0.4, -0.2) is 24.7 Å². The second kappa shape index (κ2) is 4.08. The molecule has 16 heavy (non-hydrogen) atoms. The molecular formula is C12H8N2OSe. The van der Waals surface area contributed by atoms with Crippen LogP contribution in [0.15, 0.2) is 53.1 Å². The van der Waals surface area contributed by atoms with Crippen molar-refractivity contribution in [3.63, 3.8) is 0 Å². The molecule has 0 N–H and O–H groups in total. The first kappa shape index (κ1) is 9.58. The molecule has 4 heteroatoms. The topological polar surface area (TPSA) is 38.9 Å². The van der Waals surface area contributed by atoms with Crippen LogP contribution in [-0.2, 0) is 0 Å². The van der Waals surface area contributed by atoms with Crippen LogP contribution in [0.4, 0.5) is 0 Å². The molecule has 0 spiro atoms. The van der Waals surface area contributed by atoms with Gasteiger partial charge in [-0.3, -0.25) is 0 Å². The zero-order valence-electron chi connectivity index (χ0n) is 8.33. The molecule has 78 valence electrons. The molecule has 0 saturated heterocycles. The zero-order valence-corrected chi connectivity index (χ0v) is 10.0. The van der Waals surface area contributed by atoms with E-state index < -0.39 is 0 Å². The van der Waals surface area contributed by atoms with Crippen molar-refractivity contribution in [3.05, 3.63) is 48.7 Å². The Labute approximate surface area is 98.5 Å². The molecule has 3 nitrogen and oxygen atoms in total. The van der Waals surface area contributed by atoms with Gasteiger partial charge in [0.25, 0.3) is 0 Å². The summed E-state index contributed by atoms with van der Waals surface area (Å²) in [5.74, 6) is 0.828. The Morgan fingerprint density at radius 1 is 0.875 bits per heavy atom.